The van der Waals surface area contributed by atoms with Gasteiger partial charge in [0.1, 0.15) is 6.04 Å². The van der Waals surface area contributed by atoms with E-state index in [1.54, 1.807) is 13.8 Å². The molecular weight excluding hydrogens is 340 g/mol. The minimum Gasteiger partial charge on any atom is -0.461 e. The van der Waals surface area contributed by atoms with Crippen LogP contribution in [0.5, 0.6) is 0 Å². The van der Waals surface area contributed by atoms with Crippen molar-refractivity contribution in [3.63, 3.8) is 0 Å². The van der Waals surface area contributed by atoms with Gasteiger partial charge >= 0.3 is 5.97 Å². The standard InChI is InChI=1S/C17H28N4O5/c1-12(2)26-17(25)14(6-5-13(22)9-18)20-15(23)10-19-16(24)11-21-7-3-4-8-21/h9,12,14,18H,3-8,10-11H2,1-2H3,(H,19,24)(H,20,23)/t14-/m0/s1. The molecular formula is C17H28N4O5. The van der Waals surface area contributed by atoms with E-state index in [4.69, 9.17) is 10.1 Å². The molecule has 9 heteroatoms. The third-order valence-corrected chi connectivity index (χ3v) is 3.82. The number of ether oxygens (including phenoxy) is 1. The van der Waals surface area contributed by atoms with Crippen LogP contribution in [0.1, 0.15) is 39.5 Å². The van der Waals surface area contributed by atoms with E-state index in [1.807, 2.05) is 4.90 Å². The van der Waals surface area contributed by atoms with Crippen LogP contribution in [0.3, 0.4) is 0 Å². The Morgan fingerprint density at radius 3 is 2.38 bits per heavy atom. The van der Waals surface area contributed by atoms with Crippen LogP contribution < -0.4 is 10.6 Å². The summed E-state index contributed by atoms with van der Waals surface area (Å²) in [6.07, 6.45) is 2.44. The molecule has 0 aromatic heterocycles. The van der Waals surface area contributed by atoms with Gasteiger partial charge < -0.3 is 20.8 Å². The van der Waals surface area contributed by atoms with Gasteiger partial charge in [0, 0.05) is 6.42 Å². The fraction of sp³-hybridized carbons (Fsp3) is 0.706. The van der Waals surface area contributed by atoms with Crippen LogP contribution in [0, 0.1) is 5.41 Å². The summed E-state index contributed by atoms with van der Waals surface area (Å²) in [6, 6.07) is -0.996. The van der Waals surface area contributed by atoms with E-state index in [-0.39, 0.29) is 37.9 Å². The molecule has 1 fully saturated rings. The predicted molar refractivity (Wildman–Crippen MR) is 94.9 cm³/mol. The van der Waals surface area contributed by atoms with Crippen LogP contribution in [0.25, 0.3) is 0 Å². The third-order valence-electron chi connectivity index (χ3n) is 3.82. The largest absolute Gasteiger partial charge is 0.461 e. The zero-order valence-electron chi connectivity index (χ0n) is 15.4. The number of rotatable bonds is 11. The highest BCUT2D eigenvalue weighted by molar-refractivity contribution is 6.26. The molecule has 9 nitrogen and oxygen atoms in total. The molecule has 146 valence electrons. The minimum atomic E-state index is -0.996. The molecule has 1 saturated heterocycles. The molecule has 1 aliphatic rings. The van der Waals surface area contributed by atoms with Gasteiger partial charge in [-0.3, -0.25) is 19.3 Å². The molecule has 0 saturated carbocycles. The third kappa shape index (κ3) is 8.70. The van der Waals surface area contributed by atoms with Crippen LogP contribution in [0.4, 0.5) is 0 Å². The molecule has 0 aliphatic carbocycles. The van der Waals surface area contributed by atoms with Crippen molar-refractivity contribution in [2.75, 3.05) is 26.2 Å². The monoisotopic (exact) mass is 368 g/mol. The van der Waals surface area contributed by atoms with Crippen molar-refractivity contribution in [1.29, 1.82) is 5.41 Å². The summed E-state index contributed by atoms with van der Waals surface area (Å²) in [6.45, 7) is 5.11. The highest BCUT2D eigenvalue weighted by Gasteiger charge is 2.24. The van der Waals surface area contributed by atoms with E-state index >= 15 is 0 Å². The van der Waals surface area contributed by atoms with Crippen molar-refractivity contribution in [3.05, 3.63) is 0 Å². The Balaban J connectivity index is 2.45. The first-order chi connectivity index (χ1) is 12.3. The first-order valence-corrected chi connectivity index (χ1v) is 8.84. The van der Waals surface area contributed by atoms with Gasteiger partial charge in [-0.15, -0.1) is 0 Å². The maximum absolute atomic E-state index is 12.1. The maximum Gasteiger partial charge on any atom is 0.328 e. The van der Waals surface area contributed by atoms with Crippen LogP contribution >= 0.6 is 0 Å². The number of ketones is 1. The average molecular weight is 368 g/mol. The molecule has 26 heavy (non-hydrogen) atoms. The summed E-state index contributed by atoms with van der Waals surface area (Å²) in [5.41, 5.74) is 0. The van der Waals surface area contributed by atoms with Gasteiger partial charge in [-0.25, -0.2) is 4.79 Å². The molecule has 1 rings (SSSR count). The van der Waals surface area contributed by atoms with Crippen molar-refractivity contribution in [2.45, 2.75) is 51.7 Å². The van der Waals surface area contributed by atoms with Crippen LogP contribution in [0.2, 0.25) is 0 Å². The van der Waals surface area contributed by atoms with Gasteiger partial charge in [0.25, 0.3) is 0 Å². The summed E-state index contributed by atoms with van der Waals surface area (Å²) >= 11 is 0. The topological polar surface area (TPSA) is 129 Å². The zero-order chi connectivity index (χ0) is 19.5. The fourth-order valence-electron chi connectivity index (χ4n) is 2.55. The fourth-order valence-corrected chi connectivity index (χ4v) is 2.55. The smallest absolute Gasteiger partial charge is 0.328 e. The number of esters is 1. The summed E-state index contributed by atoms with van der Waals surface area (Å²) in [7, 11) is 0. The second kappa shape index (κ2) is 11.3. The predicted octanol–water partition coefficient (Wildman–Crippen LogP) is -0.366. The van der Waals surface area contributed by atoms with Crippen LogP contribution in [-0.2, 0) is 23.9 Å². The number of carbonyl (C=O) groups excluding carboxylic acids is 4. The number of nitrogens with zero attached hydrogens (tertiary/aromatic N) is 1. The first-order valence-electron chi connectivity index (χ1n) is 8.84. The highest BCUT2D eigenvalue weighted by atomic mass is 16.5. The van der Waals surface area contributed by atoms with Gasteiger partial charge in [0.05, 0.1) is 25.4 Å². The van der Waals surface area contributed by atoms with Gasteiger partial charge in [0.2, 0.25) is 11.8 Å². The lowest BCUT2D eigenvalue weighted by molar-refractivity contribution is -0.151. The van der Waals surface area contributed by atoms with Crippen molar-refractivity contribution >= 4 is 29.8 Å². The number of Topliss-reactive ketones (excluding diaryl/α,β-unsaturated/α-hetero) is 1. The normalized spacial score (nSPS) is 15.3. The molecule has 1 aliphatic heterocycles. The van der Waals surface area contributed by atoms with Crippen molar-refractivity contribution in [2.24, 2.45) is 0 Å². The molecule has 1 atom stereocenters. The van der Waals surface area contributed by atoms with E-state index in [9.17, 15) is 19.2 Å². The lowest BCUT2D eigenvalue weighted by Gasteiger charge is -2.19. The average Bonchev–Trinajstić information content (AvgIpc) is 3.08. The second-order valence-electron chi connectivity index (χ2n) is 6.52. The Kier molecular flexibility index (Phi) is 9.50. The quantitative estimate of drug-likeness (QED) is 0.337. The van der Waals surface area contributed by atoms with E-state index in [0.29, 0.717) is 6.21 Å². The van der Waals surface area contributed by atoms with E-state index in [2.05, 4.69) is 10.6 Å². The Bertz CT molecular complexity index is 529. The SMILES string of the molecule is CC(C)OC(=O)[C@H](CCC(=O)C=N)NC(=O)CNC(=O)CN1CCCC1. The number of nitrogens with one attached hydrogen (secondary N) is 3. The summed E-state index contributed by atoms with van der Waals surface area (Å²) in [5, 5.41) is 11.9. The van der Waals surface area contributed by atoms with Crippen molar-refractivity contribution in [1.82, 2.24) is 15.5 Å². The molecule has 2 amide bonds. The second-order valence-corrected chi connectivity index (χ2v) is 6.52. The summed E-state index contributed by atoms with van der Waals surface area (Å²) < 4.78 is 5.08. The first kappa shape index (κ1) is 21.8. The minimum absolute atomic E-state index is 0.0350. The number of amides is 2. The van der Waals surface area contributed by atoms with Crippen molar-refractivity contribution < 1.29 is 23.9 Å². The molecule has 3 N–H and O–H groups in total. The van der Waals surface area contributed by atoms with Gasteiger partial charge in [-0.05, 0) is 46.2 Å². The lowest BCUT2D eigenvalue weighted by Crippen LogP contribution is -2.47. The maximum atomic E-state index is 12.1. The Morgan fingerprint density at radius 1 is 1.15 bits per heavy atom. The van der Waals surface area contributed by atoms with E-state index in [1.165, 1.54) is 0 Å². The molecule has 1 heterocycles. The van der Waals surface area contributed by atoms with Crippen LogP contribution in [0.15, 0.2) is 0 Å². The number of carbonyl (C=O) groups is 4. The Labute approximate surface area is 153 Å². The molecule has 0 unspecified atom stereocenters. The van der Waals surface area contributed by atoms with Gasteiger partial charge in [0.15, 0.2) is 5.78 Å². The molecule has 0 aromatic carbocycles. The summed E-state index contributed by atoms with van der Waals surface area (Å²) in [4.78, 5) is 49.2. The molecule has 0 spiro atoms. The van der Waals surface area contributed by atoms with Crippen molar-refractivity contribution in [3.8, 4) is 0 Å². The molecule has 0 radical (unpaired) electrons. The lowest BCUT2D eigenvalue weighted by atomic mass is 10.1. The van der Waals surface area contributed by atoms with Crippen LogP contribution in [-0.4, -0.2) is 73.0 Å². The Morgan fingerprint density at radius 2 is 1.81 bits per heavy atom. The number of hydrogen-bond donors (Lipinski definition) is 3. The number of hydrogen-bond acceptors (Lipinski definition) is 7. The van der Waals surface area contributed by atoms with Gasteiger partial charge in [-0.1, -0.05) is 0 Å². The zero-order valence-corrected chi connectivity index (χ0v) is 15.4. The molecule has 0 aromatic rings. The molecule has 0 bridgehead atoms. The highest BCUT2D eigenvalue weighted by Crippen LogP contribution is 2.06. The van der Waals surface area contributed by atoms with E-state index < -0.39 is 23.7 Å². The van der Waals surface area contributed by atoms with E-state index in [0.717, 1.165) is 25.9 Å². The van der Waals surface area contributed by atoms with Gasteiger partial charge in [-0.2, -0.15) is 0 Å². The Hall–Kier alpha value is -2.29. The summed E-state index contributed by atoms with van der Waals surface area (Å²) in [5.74, 6) is -1.87. The number of likely N-dealkylation sites (tertiary alicyclic amines) is 1.